The fraction of sp³-hybridized carbons (Fsp3) is 0.375. The van der Waals surface area contributed by atoms with E-state index in [1.165, 1.54) is 0 Å². The largest absolute Gasteiger partial charge is 0.438 e. The first kappa shape index (κ1) is 15.4. The minimum Gasteiger partial charge on any atom is -0.438 e. The zero-order valence-electron chi connectivity index (χ0n) is 12.5. The fourth-order valence-corrected chi connectivity index (χ4v) is 1.88. The third kappa shape index (κ3) is 5.13. The number of nitrogens with zero attached hydrogens (tertiary/aromatic N) is 2. The number of nitrogens with one attached hydrogen (secondary N) is 1. The fourth-order valence-electron chi connectivity index (χ4n) is 1.88. The average Bonchev–Trinajstić information content (AvgIpc) is 2.50. The van der Waals surface area contributed by atoms with Crippen molar-refractivity contribution < 1.29 is 9.47 Å². The second-order valence-electron chi connectivity index (χ2n) is 4.72. The van der Waals surface area contributed by atoms with Crippen LogP contribution >= 0.6 is 0 Å². The second kappa shape index (κ2) is 8.34. The molecule has 0 aliphatic rings. The predicted octanol–water partition coefficient (Wildman–Crippen LogP) is 2.91. The lowest BCUT2D eigenvalue weighted by molar-refractivity contribution is 0.184. The molecule has 1 heterocycles. The molecular weight excluding hydrogens is 266 g/mol. The first-order valence-electron chi connectivity index (χ1n) is 7.11. The minimum absolute atomic E-state index is 0.490. The number of aromatic nitrogens is 2. The molecule has 1 N–H and O–H groups in total. The Labute approximate surface area is 125 Å². The third-order valence-corrected chi connectivity index (χ3v) is 2.86. The van der Waals surface area contributed by atoms with Crippen LogP contribution in [-0.4, -0.2) is 23.9 Å². The summed E-state index contributed by atoms with van der Waals surface area (Å²) in [4.78, 5) is 0. The summed E-state index contributed by atoms with van der Waals surface area (Å²) in [6, 6.07) is 11.5. The highest BCUT2D eigenvalue weighted by atomic mass is 16.5. The van der Waals surface area contributed by atoms with Crippen molar-refractivity contribution in [1.82, 2.24) is 15.5 Å². The van der Waals surface area contributed by atoms with Gasteiger partial charge in [-0.1, -0.05) is 19.1 Å². The Morgan fingerprint density at radius 1 is 1.14 bits per heavy atom. The van der Waals surface area contributed by atoms with E-state index in [0.717, 1.165) is 36.5 Å². The molecule has 0 atom stereocenters. The molecule has 21 heavy (non-hydrogen) atoms. The van der Waals surface area contributed by atoms with Gasteiger partial charge < -0.3 is 14.8 Å². The SMILES string of the molecule is CCCNCc1ccc(Oc2cccc(COC)c2)nn1. The Hall–Kier alpha value is -1.98. The topological polar surface area (TPSA) is 56.3 Å². The molecule has 5 heteroatoms. The molecule has 5 nitrogen and oxygen atoms in total. The van der Waals surface area contributed by atoms with Gasteiger partial charge in [0.05, 0.1) is 12.3 Å². The molecule has 0 saturated carbocycles. The van der Waals surface area contributed by atoms with E-state index in [4.69, 9.17) is 9.47 Å². The van der Waals surface area contributed by atoms with Gasteiger partial charge in [-0.2, -0.15) is 5.10 Å². The Balaban J connectivity index is 1.95. The second-order valence-corrected chi connectivity index (χ2v) is 4.72. The van der Waals surface area contributed by atoms with Crippen molar-refractivity contribution in [2.45, 2.75) is 26.5 Å². The van der Waals surface area contributed by atoms with E-state index < -0.39 is 0 Å². The molecule has 2 rings (SSSR count). The standard InChI is InChI=1S/C16H21N3O2/c1-3-9-17-11-14-7-8-16(19-18-14)21-15-6-4-5-13(10-15)12-20-2/h4-8,10,17H,3,9,11-12H2,1-2H3. The lowest BCUT2D eigenvalue weighted by Gasteiger charge is -2.07. The highest BCUT2D eigenvalue weighted by Gasteiger charge is 2.02. The quantitative estimate of drug-likeness (QED) is 0.757. The van der Waals surface area contributed by atoms with Gasteiger partial charge in [-0.3, -0.25) is 0 Å². The van der Waals surface area contributed by atoms with Crippen LogP contribution in [0.1, 0.15) is 24.6 Å². The summed E-state index contributed by atoms with van der Waals surface area (Å²) in [6.07, 6.45) is 1.10. The van der Waals surface area contributed by atoms with Gasteiger partial charge >= 0.3 is 0 Å². The van der Waals surface area contributed by atoms with E-state index >= 15 is 0 Å². The lowest BCUT2D eigenvalue weighted by Crippen LogP contribution is -2.15. The molecule has 112 valence electrons. The molecular formula is C16H21N3O2. The summed E-state index contributed by atoms with van der Waals surface area (Å²) in [7, 11) is 1.67. The van der Waals surface area contributed by atoms with E-state index in [1.807, 2.05) is 36.4 Å². The van der Waals surface area contributed by atoms with Gasteiger partial charge in [0.25, 0.3) is 0 Å². The van der Waals surface area contributed by atoms with Crippen LogP contribution in [0.25, 0.3) is 0 Å². The molecule has 0 amide bonds. The Morgan fingerprint density at radius 2 is 2.05 bits per heavy atom. The van der Waals surface area contributed by atoms with Crippen molar-refractivity contribution in [3.8, 4) is 11.6 Å². The van der Waals surface area contributed by atoms with Crippen LogP contribution in [0, 0.1) is 0 Å². The third-order valence-electron chi connectivity index (χ3n) is 2.86. The van der Waals surface area contributed by atoms with Gasteiger partial charge in [0, 0.05) is 19.7 Å². The molecule has 2 aromatic rings. The van der Waals surface area contributed by atoms with Crippen molar-refractivity contribution in [1.29, 1.82) is 0 Å². The maximum Gasteiger partial charge on any atom is 0.238 e. The van der Waals surface area contributed by atoms with Crippen LogP contribution in [0.4, 0.5) is 0 Å². The smallest absolute Gasteiger partial charge is 0.238 e. The van der Waals surface area contributed by atoms with Crippen molar-refractivity contribution >= 4 is 0 Å². The van der Waals surface area contributed by atoms with Crippen LogP contribution < -0.4 is 10.1 Å². The molecule has 0 saturated heterocycles. The summed E-state index contributed by atoms with van der Waals surface area (Å²) < 4.78 is 10.8. The van der Waals surface area contributed by atoms with Gasteiger partial charge in [-0.05, 0) is 36.7 Å². The summed E-state index contributed by atoms with van der Waals surface area (Å²) in [5, 5.41) is 11.5. The summed E-state index contributed by atoms with van der Waals surface area (Å²) in [5.74, 6) is 1.22. The molecule has 0 bridgehead atoms. The lowest BCUT2D eigenvalue weighted by atomic mass is 10.2. The van der Waals surface area contributed by atoms with Gasteiger partial charge in [0.1, 0.15) is 5.75 Å². The number of ether oxygens (including phenoxy) is 2. The highest BCUT2D eigenvalue weighted by Crippen LogP contribution is 2.20. The zero-order chi connectivity index (χ0) is 14.9. The zero-order valence-corrected chi connectivity index (χ0v) is 12.5. The highest BCUT2D eigenvalue weighted by molar-refractivity contribution is 5.31. The van der Waals surface area contributed by atoms with Crippen molar-refractivity contribution in [2.75, 3.05) is 13.7 Å². The molecule has 0 radical (unpaired) electrons. The molecule has 1 aromatic carbocycles. The van der Waals surface area contributed by atoms with Crippen LogP contribution in [0.15, 0.2) is 36.4 Å². The van der Waals surface area contributed by atoms with Gasteiger partial charge in [-0.25, -0.2) is 0 Å². The summed E-state index contributed by atoms with van der Waals surface area (Å²) >= 11 is 0. The first-order valence-corrected chi connectivity index (χ1v) is 7.11. The summed E-state index contributed by atoms with van der Waals surface area (Å²) in [6.45, 7) is 4.40. The van der Waals surface area contributed by atoms with Crippen molar-refractivity contribution in [3.05, 3.63) is 47.7 Å². The van der Waals surface area contributed by atoms with Crippen LogP contribution in [0.2, 0.25) is 0 Å². The normalized spacial score (nSPS) is 10.6. The Kier molecular flexibility index (Phi) is 6.12. The molecule has 1 aromatic heterocycles. The first-order chi connectivity index (χ1) is 10.3. The number of rotatable bonds is 8. The van der Waals surface area contributed by atoms with Crippen molar-refractivity contribution in [2.24, 2.45) is 0 Å². The Bertz CT molecular complexity index is 543. The summed E-state index contributed by atoms with van der Waals surface area (Å²) in [5.41, 5.74) is 1.97. The van der Waals surface area contributed by atoms with Gasteiger partial charge in [-0.15, -0.1) is 5.10 Å². The van der Waals surface area contributed by atoms with Gasteiger partial charge in [0.2, 0.25) is 5.88 Å². The van der Waals surface area contributed by atoms with Crippen LogP contribution in [0.5, 0.6) is 11.6 Å². The van der Waals surface area contributed by atoms with Gasteiger partial charge in [0.15, 0.2) is 0 Å². The number of hydrogen-bond donors (Lipinski definition) is 1. The monoisotopic (exact) mass is 287 g/mol. The van der Waals surface area contributed by atoms with E-state index in [9.17, 15) is 0 Å². The Morgan fingerprint density at radius 3 is 2.76 bits per heavy atom. The number of benzene rings is 1. The average molecular weight is 287 g/mol. The predicted molar refractivity (Wildman–Crippen MR) is 81.3 cm³/mol. The van der Waals surface area contributed by atoms with E-state index in [1.54, 1.807) is 7.11 Å². The number of methoxy groups -OCH3 is 1. The maximum atomic E-state index is 5.70. The maximum absolute atomic E-state index is 5.70. The number of hydrogen-bond acceptors (Lipinski definition) is 5. The molecule has 0 spiro atoms. The van der Waals surface area contributed by atoms with E-state index in [-0.39, 0.29) is 0 Å². The molecule has 0 fully saturated rings. The van der Waals surface area contributed by atoms with Crippen LogP contribution in [-0.2, 0) is 17.9 Å². The van der Waals surface area contributed by atoms with E-state index in [0.29, 0.717) is 12.5 Å². The molecule has 0 aliphatic carbocycles. The van der Waals surface area contributed by atoms with E-state index in [2.05, 4.69) is 22.4 Å². The van der Waals surface area contributed by atoms with Crippen LogP contribution in [0.3, 0.4) is 0 Å². The minimum atomic E-state index is 0.490. The van der Waals surface area contributed by atoms with Crippen molar-refractivity contribution in [3.63, 3.8) is 0 Å². The molecule has 0 unspecified atom stereocenters. The molecule has 0 aliphatic heterocycles.